The summed E-state index contributed by atoms with van der Waals surface area (Å²) in [5.41, 5.74) is 8.29. The minimum Gasteiger partial charge on any atom is -0.494 e. The Kier molecular flexibility index (Phi) is 4.37. The molecule has 1 unspecified atom stereocenters. The highest BCUT2D eigenvalue weighted by Gasteiger charge is 2.10. The largest absolute Gasteiger partial charge is 0.494 e. The summed E-state index contributed by atoms with van der Waals surface area (Å²) in [5, 5.41) is 0. The smallest absolute Gasteiger partial charge is 0.165 e. The van der Waals surface area contributed by atoms with Gasteiger partial charge in [0.1, 0.15) is 0 Å². The zero-order chi connectivity index (χ0) is 13.0. The van der Waals surface area contributed by atoms with E-state index in [1.807, 2.05) is 6.07 Å². The van der Waals surface area contributed by atoms with Gasteiger partial charge in [-0.05, 0) is 43.4 Å². The van der Waals surface area contributed by atoms with E-state index in [0.29, 0.717) is 5.75 Å². The van der Waals surface area contributed by atoms with Gasteiger partial charge in [-0.1, -0.05) is 24.1 Å². The van der Waals surface area contributed by atoms with E-state index in [4.69, 9.17) is 10.5 Å². The van der Waals surface area contributed by atoms with Crippen molar-refractivity contribution in [3.05, 3.63) is 41.2 Å². The molecule has 1 aromatic rings. The van der Waals surface area contributed by atoms with Crippen LogP contribution in [0, 0.1) is 5.82 Å². The van der Waals surface area contributed by atoms with Crippen molar-refractivity contribution >= 4 is 0 Å². The molecule has 0 radical (unpaired) electrons. The van der Waals surface area contributed by atoms with Gasteiger partial charge in [0, 0.05) is 6.04 Å². The topological polar surface area (TPSA) is 35.2 Å². The van der Waals surface area contributed by atoms with Crippen LogP contribution >= 0.6 is 0 Å². The Balaban J connectivity index is 2.11. The maximum absolute atomic E-state index is 13.6. The normalized spacial score (nSPS) is 20.2. The van der Waals surface area contributed by atoms with E-state index in [2.05, 4.69) is 6.08 Å². The number of methoxy groups -OCH3 is 1. The number of nitrogens with two attached hydrogens (primary N) is 1. The van der Waals surface area contributed by atoms with E-state index in [9.17, 15) is 4.39 Å². The van der Waals surface area contributed by atoms with Crippen molar-refractivity contribution in [3.8, 4) is 5.75 Å². The molecule has 1 atom stereocenters. The Bertz CT molecular complexity index is 442. The molecule has 0 fully saturated rings. The van der Waals surface area contributed by atoms with Crippen molar-refractivity contribution in [2.24, 2.45) is 5.73 Å². The highest BCUT2D eigenvalue weighted by Crippen LogP contribution is 2.23. The van der Waals surface area contributed by atoms with Crippen LogP contribution in [-0.4, -0.2) is 13.2 Å². The molecule has 1 aromatic carbocycles. The molecular formula is C15H20FNO. The van der Waals surface area contributed by atoms with Gasteiger partial charge in [0.25, 0.3) is 0 Å². The Morgan fingerprint density at radius 2 is 2.22 bits per heavy atom. The van der Waals surface area contributed by atoms with Crippen molar-refractivity contribution in [1.29, 1.82) is 0 Å². The van der Waals surface area contributed by atoms with Gasteiger partial charge >= 0.3 is 0 Å². The number of hydrogen-bond acceptors (Lipinski definition) is 2. The average Bonchev–Trinajstić information content (AvgIpc) is 2.54. The molecule has 0 amide bonds. The molecule has 2 nitrogen and oxygen atoms in total. The molecule has 0 bridgehead atoms. The SMILES string of the molecule is COc1ccc(CC2=CC(N)CCCC2)cc1F. The molecule has 1 aliphatic carbocycles. The van der Waals surface area contributed by atoms with Gasteiger partial charge in [-0.2, -0.15) is 0 Å². The van der Waals surface area contributed by atoms with Gasteiger partial charge in [0.05, 0.1) is 7.11 Å². The predicted octanol–water partition coefficient (Wildman–Crippen LogP) is 3.20. The average molecular weight is 249 g/mol. The van der Waals surface area contributed by atoms with Crippen LogP contribution in [0.3, 0.4) is 0 Å². The second-order valence-corrected chi connectivity index (χ2v) is 4.88. The number of rotatable bonds is 3. The van der Waals surface area contributed by atoms with E-state index in [1.165, 1.54) is 25.5 Å². The molecule has 0 saturated carbocycles. The second kappa shape index (κ2) is 6.01. The first kappa shape index (κ1) is 13.1. The van der Waals surface area contributed by atoms with Crippen LogP contribution in [-0.2, 0) is 6.42 Å². The van der Waals surface area contributed by atoms with E-state index < -0.39 is 0 Å². The van der Waals surface area contributed by atoms with Crippen molar-refractivity contribution in [3.63, 3.8) is 0 Å². The van der Waals surface area contributed by atoms with Crippen LogP contribution in [0.5, 0.6) is 5.75 Å². The molecule has 2 N–H and O–H groups in total. The highest BCUT2D eigenvalue weighted by molar-refractivity contribution is 5.32. The summed E-state index contributed by atoms with van der Waals surface area (Å²) < 4.78 is 18.5. The maximum Gasteiger partial charge on any atom is 0.165 e. The molecule has 2 rings (SSSR count). The lowest BCUT2D eigenvalue weighted by Crippen LogP contribution is -2.16. The minimum absolute atomic E-state index is 0.158. The van der Waals surface area contributed by atoms with Crippen LogP contribution in [0.25, 0.3) is 0 Å². The lowest BCUT2D eigenvalue weighted by Gasteiger charge is -2.08. The van der Waals surface area contributed by atoms with Crippen molar-refractivity contribution in [1.82, 2.24) is 0 Å². The molecule has 3 heteroatoms. The van der Waals surface area contributed by atoms with Crippen molar-refractivity contribution in [2.45, 2.75) is 38.1 Å². The van der Waals surface area contributed by atoms with E-state index in [-0.39, 0.29) is 11.9 Å². The van der Waals surface area contributed by atoms with E-state index >= 15 is 0 Å². The molecule has 1 aliphatic rings. The Hall–Kier alpha value is -1.35. The van der Waals surface area contributed by atoms with Gasteiger partial charge in [0.15, 0.2) is 11.6 Å². The molecule has 0 heterocycles. The van der Waals surface area contributed by atoms with Gasteiger partial charge in [0.2, 0.25) is 0 Å². The molecule has 0 saturated heterocycles. The highest BCUT2D eigenvalue weighted by atomic mass is 19.1. The van der Waals surface area contributed by atoms with Crippen LogP contribution in [0.1, 0.15) is 31.2 Å². The number of hydrogen-bond donors (Lipinski definition) is 1. The molecular weight excluding hydrogens is 229 g/mol. The van der Waals surface area contributed by atoms with E-state index in [0.717, 1.165) is 24.8 Å². The minimum atomic E-state index is -0.298. The fourth-order valence-corrected chi connectivity index (χ4v) is 2.43. The van der Waals surface area contributed by atoms with Gasteiger partial charge in [-0.25, -0.2) is 4.39 Å². The first-order valence-corrected chi connectivity index (χ1v) is 6.46. The quantitative estimate of drug-likeness (QED) is 0.835. The summed E-state index contributed by atoms with van der Waals surface area (Å²) in [7, 11) is 1.48. The second-order valence-electron chi connectivity index (χ2n) is 4.88. The Morgan fingerprint density at radius 1 is 1.39 bits per heavy atom. The third kappa shape index (κ3) is 3.33. The Labute approximate surface area is 108 Å². The standard InChI is InChI=1S/C15H20FNO/c1-18-15-7-6-12(10-14(15)16)8-11-4-2-3-5-13(17)9-11/h6-7,9-10,13H,2-5,8,17H2,1H3. The summed E-state index contributed by atoms with van der Waals surface area (Å²) in [5.74, 6) is -0.00109. The first-order valence-electron chi connectivity index (χ1n) is 6.46. The van der Waals surface area contributed by atoms with E-state index in [1.54, 1.807) is 12.1 Å². The van der Waals surface area contributed by atoms with Crippen LogP contribution in [0.15, 0.2) is 29.8 Å². The zero-order valence-electron chi connectivity index (χ0n) is 10.8. The van der Waals surface area contributed by atoms with Crippen LogP contribution in [0.2, 0.25) is 0 Å². The summed E-state index contributed by atoms with van der Waals surface area (Å²) in [6, 6.07) is 5.31. The summed E-state index contributed by atoms with van der Waals surface area (Å²) in [6.07, 6.45) is 7.42. The fourth-order valence-electron chi connectivity index (χ4n) is 2.43. The van der Waals surface area contributed by atoms with Crippen LogP contribution < -0.4 is 10.5 Å². The molecule has 0 aromatic heterocycles. The van der Waals surface area contributed by atoms with Gasteiger partial charge in [-0.15, -0.1) is 0 Å². The number of allylic oxidation sites excluding steroid dienone is 1. The molecule has 18 heavy (non-hydrogen) atoms. The van der Waals surface area contributed by atoms with Crippen molar-refractivity contribution in [2.75, 3.05) is 7.11 Å². The lowest BCUT2D eigenvalue weighted by molar-refractivity contribution is 0.386. The molecule has 0 spiro atoms. The monoisotopic (exact) mass is 249 g/mol. The summed E-state index contributed by atoms with van der Waals surface area (Å²) in [6.45, 7) is 0. The summed E-state index contributed by atoms with van der Waals surface area (Å²) >= 11 is 0. The predicted molar refractivity (Wildman–Crippen MR) is 71.2 cm³/mol. The number of ether oxygens (including phenoxy) is 1. The maximum atomic E-state index is 13.6. The Morgan fingerprint density at radius 3 is 2.94 bits per heavy atom. The van der Waals surface area contributed by atoms with Crippen LogP contribution in [0.4, 0.5) is 4.39 Å². The summed E-state index contributed by atoms with van der Waals surface area (Å²) in [4.78, 5) is 0. The molecule has 98 valence electrons. The lowest BCUT2D eigenvalue weighted by atomic mass is 10.0. The zero-order valence-corrected chi connectivity index (χ0v) is 10.8. The number of halogens is 1. The van der Waals surface area contributed by atoms with Gasteiger partial charge in [-0.3, -0.25) is 0 Å². The third-order valence-corrected chi connectivity index (χ3v) is 3.38. The molecule has 0 aliphatic heterocycles. The number of benzene rings is 1. The first-order chi connectivity index (χ1) is 8.69. The van der Waals surface area contributed by atoms with Gasteiger partial charge < -0.3 is 10.5 Å². The third-order valence-electron chi connectivity index (χ3n) is 3.38. The fraction of sp³-hybridized carbons (Fsp3) is 0.467. The van der Waals surface area contributed by atoms with Crippen molar-refractivity contribution < 1.29 is 9.13 Å².